The van der Waals surface area contributed by atoms with Gasteiger partial charge in [0.15, 0.2) is 0 Å². The fraction of sp³-hybridized carbons (Fsp3) is 0.588. The number of hydrogen-bond acceptors (Lipinski definition) is 3. The summed E-state index contributed by atoms with van der Waals surface area (Å²) in [6.45, 7) is 5.16. The molecular formula is C17H29Cl2N3O. The summed E-state index contributed by atoms with van der Waals surface area (Å²) in [6, 6.07) is 8.30. The summed E-state index contributed by atoms with van der Waals surface area (Å²) in [5.74, 6) is 0.117. The molecule has 2 rings (SSSR count). The van der Waals surface area contributed by atoms with Crippen LogP contribution >= 0.6 is 24.8 Å². The molecule has 132 valence electrons. The Bertz CT molecular complexity index is 461. The maximum atomic E-state index is 12.5. The number of carbonyl (C=O) groups is 1. The maximum absolute atomic E-state index is 12.5. The topological polar surface area (TPSA) is 35.6 Å². The van der Waals surface area contributed by atoms with Crippen LogP contribution in [-0.2, 0) is 0 Å². The molecular weight excluding hydrogens is 333 g/mol. The Balaban J connectivity index is 0.00000242. The van der Waals surface area contributed by atoms with E-state index in [9.17, 15) is 4.79 Å². The van der Waals surface area contributed by atoms with Gasteiger partial charge in [0.2, 0.25) is 0 Å². The molecule has 1 saturated heterocycles. The van der Waals surface area contributed by atoms with Gasteiger partial charge in [0.25, 0.3) is 5.91 Å². The van der Waals surface area contributed by atoms with Crippen molar-refractivity contribution in [1.29, 1.82) is 0 Å². The highest BCUT2D eigenvalue weighted by Gasteiger charge is 2.23. The summed E-state index contributed by atoms with van der Waals surface area (Å²) in [6.07, 6.45) is 3.43. The monoisotopic (exact) mass is 361 g/mol. The molecule has 1 aliphatic heterocycles. The largest absolute Gasteiger partial charge is 0.375 e. The van der Waals surface area contributed by atoms with E-state index in [-0.39, 0.29) is 30.7 Å². The first-order valence-corrected chi connectivity index (χ1v) is 7.92. The molecule has 0 aliphatic carbocycles. The number of nitrogens with one attached hydrogen (secondary N) is 1. The lowest BCUT2D eigenvalue weighted by Crippen LogP contribution is -2.38. The second-order valence-corrected chi connectivity index (χ2v) is 5.88. The molecule has 1 heterocycles. The van der Waals surface area contributed by atoms with Crippen molar-refractivity contribution < 1.29 is 4.79 Å². The van der Waals surface area contributed by atoms with E-state index >= 15 is 0 Å². The average molecular weight is 362 g/mol. The highest BCUT2D eigenvalue weighted by Crippen LogP contribution is 2.17. The number of nitrogens with zero attached hydrogens (tertiary/aromatic N) is 2. The molecule has 0 aromatic heterocycles. The van der Waals surface area contributed by atoms with E-state index in [1.807, 2.05) is 36.2 Å². The third-order valence-corrected chi connectivity index (χ3v) is 4.30. The second kappa shape index (κ2) is 10.7. The molecule has 4 nitrogen and oxygen atoms in total. The predicted molar refractivity (Wildman–Crippen MR) is 102 cm³/mol. The van der Waals surface area contributed by atoms with Crippen molar-refractivity contribution in [2.24, 2.45) is 0 Å². The average Bonchev–Trinajstić information content (AvgIpc) is 3.05. The third kappa shape index (κ3) is 5.87. The van der Waals surface area contributed by atoms with Crippen LogP contribution in [0.3, 0.4) is 0 Å². The Kier molecular flexibility index (Phi) is 10.3. The van der Waals surface area contributed by atoms with Crippen molar-refractivity contribution in [3.8, 4) is 0 Å². The Hall–Kier alpha value is -0.970. The molecule has 0 spiro atoms. The van der Waals surface area contributed by atoms with Gasteiger partial charge in [-0.05, 0) is 43.7 Å². The zero-order valence-electron chi connectivity index (χ0n) is 14.2. The standard InChI is InChI=1S/C17H27N3O.2ClH/c1-4-5-12-19(2)15-8-6-14(7-9-15)17(21)20(3)16-10-11-18-13-16;;/h6-9,16,18H,4-5,10-13H2,1-3H3;2*1H. The molecule has 1 fully saturated rings. The van der Waals surface area contributed by atoms with Crippen LogP contribution in [0.5, 0.6) is 0 Å². The fourth-order valence-corrected chi connectivity index (χ4v) is 2.72. The van der Waals surface area contributed by atoms with E-state index in [1.165, 1.54) is 18.5 Å². The van der Waals surface area contributed by atoms with Gasteiger partial charge in [-0.3, -0.25) is 4.79 Å². The molecule has 1 unspecified atom stereocenters. The molecule has 1 N–H and O–H groups in total. The molecule has 23 heavy (non-hydrogen) atoms. The molecule has 6 heteroatoms. The van der Waals surface area contributed by atoms with Crippen molar-refractivity contribution in [3.05, 3.63) is 29.8 Å². The van der Waals surface area contributed by atoms with Gasteiger partial charge < -0.3 is 15.1 Å². The Morgan fingerprint density at radius 3 is 2.39 bits per heavy atom. The van der Waals surface area contributed by atoms with Gasteiger partial charge in [-0.1, -0.05) is 13.3 Å². The number of anilines is 1. The van der Waals surface area contributed by atoms with Crippen LogP contribution in [0, 0.1) is 0 Å². The van der Waals surface area contributed by atoms with E-state index in [0.29, 0.717) is 6.04 Å². The van der Waals surface area contributed by atoms with Crippen molar-refractivity contribution in [2.45, 2.75) is 32.2 Å². The Morgan fingerprint density at radius 2 is 1.87 bits per heavy atom. The minimum Gasteiger partial charge on any atom is -0.375 e. The van der Waals surface area contributed by atoms with Gasteiger partial charge in [0, 0.05) is 44.5 Å². The highest BCUT2D eigenvalue weighted by atomic mass is 35.5. The summed E-state index contributed by atoms with van der Waals surface area (Å²) < 4.78 is 0. The van der Waals surface area contributed by atoms with Crippen LogP contribution in [0.4, 0.5) is 5.69 Å². The van der Waals surface area contributed by atoms with Crippen LogP contribution in [0.25, 0.3) is 0 Å². The van der Waals surface area contributed by atoms with Crippen molar-refractivity contribution in [3.63, 3.8) is 0 Å². The van der Waals surface area contributed by atoms with Crippen molar-refractivity contribution in [1.82, 2.24) is 10.2 Å². The molecule has 1 aromatic rings. The minimum atomic E-state index is 0. The van der Waals surface area contributed by atoms with Gasteiger partial charge in [-0.2, -0.15) is 0 Å². The molecule has 0 radical (unpaired) electrons. The van der Waals surface area contributed by atoms with Gasteiger partial charge >= 0.3 is 0 Å². The smallest absolute Gasteiger partial charge is 0.253 e. The van der Waals surface area contributed by atoms with Gasteiger partial charge in [-0.25, -0.2) is 0 Å². The predicted octanol–water partition coefficient (Wildman–Crippen LogP) is 3.20. The molecule has 1 atom stereocenters. The number of rotatable bonds is 6. The summed E-state index contributed by atoms with van der Waals surface area (Å²) in [5, 5.41) is 3.30. The molecule has 0 bridgehead atoms. The number of benzene rings is 1. The van der Waals surface area contributed by atoms with Gasteiger partial charge in [0.05, 0.1) is 0 Å². The summed E-state index contributed by atoms with van der Waals surface area (Å²) in [7, 11) is 4.00. The zero-order valence-corrected chi connectivity index (χ0v) is 15.9. The number of hydrogen-bond donors (Lipinski definition) is 1. The molecule has 1 aromatic carbocycles. The molecule has 1 amide bonds. The lowest BCUT2D eigenvalue weighted by atomic mass is 10.1. The number of amides is 1. The lowest BCUT2D eigenvalue weighted by Gasteiger charge is -2.24. The Morgan fingerprint density at radius 1 is 1.22 bits per heavy atom. The first-order chi connectivity index (χ1) is 10.1. The van der Waals surface area contributed by atoms with E-state index in [2.05, 4.69) is 24.2 Å². The normalized spacial score (nSPS) is 16.2. The van der Waals surface area contributed by atoms with Crippen molar-refractivity contribution >= 4 is 36.4 Å². The third-order valence-electron chi connectivity index (χ3n) is 4.30. The Labute approximate surface area is 152 Å². The highest BCUT2D eigenvalue weighted by molar-refractivity contribution is 5.94. The number of likely N-dealkylation sites (N-methyl/N-ethyl adjacent to an activating group) is 1. The summed E-state index contributed by atoms with van der Waals surface area (Å²) in [5.41, 5.74) is 1.95. The van der Waals surface area contributed by atoms with Crippen LogP contribution in [0.1, 0.15) is 36.5 Å². The second-order valence-electron chi connectivity index (χ2n) is 5.88. The van der Waals surface area contributed by atoms with Crippen molar-refractivity contribution in [2.75, 3.05) is 38.6 Å². The lowest BCUT2D eigenvalue weighted by molar-refractivity contribution is 0.0744. The van der Waals surface area contributed by atoms with Gasteiger partial charge in [0.1, 0.15) is 0 Å². The number of unbranched alkanes of at least 4 members (excludes halogenated alkanes) is 1. The number of carbonyl (C=O) groups excluding carboxylic acids is 1. The quantitative estimate of drug-likeness (QED) is 0.844. The SMILES string of the molecule is CCCCN(C)c1ccc(C(=O)N(C)C2CCNC2)cc1.Cl.Cl. The first kappa shape index (κ1) is 22.0. The summed E-state index contributed by atoms with van der Waals surface area (Å²) in [4.78, 5) is 16.6. The van der Waals surface area contributed by atoms with E-state index in [4.69, 9.17) is 0 Å². The van der Waals surface area contributed by atoms with E-state index < -0.39 is 0 Å². The van der Waals surface area contributed by atoms with Crippen LogP contribution in [0.15, 0.2) is 24.3 Å². The maximum Gasteiger partial charge on any atom is 0.253 e. The van der Waals surface area contributed by atoms with E-state index in [0.717, 1.165) is 31.6 Å². The van der Waals surface area contributed by atoms with Crippen LogP contribution < -0.4 is 10.2 Å². The molecule has 1 aliphatic rings. The zero-order chi connectivity index (χ0) is 15.2. The first-order valence-electron chi connectivity index (χ1n) is 7.92. The van der Waals surface area contributed by atoms with Crippen LogP contribution in [0.2, 0.25) is 0 Å². The molecule has 0 saturated carbocycles. The van der Waals surface area contributed by atoms with Gasteiger partial charge in [-0.15, -0.1) is 24.8 Å². The minimum absolute atomic E-state index is 0. The van der Waals surface area contributed by atoms with E-state index in [1.54, 1.807) is 0 Å². The van der Waals surface area contributed by atoms with Crippen LogP contribution in [-0.4, -0.2) is 50.6 Å². The fourth-order valence-electron chi connectivity index (χ4n) is 2.72. The number of halogens is 2. The summed E-state index contributed by atoms with van der Waals surface area (Å²) >= 11 is 0.